The highest BCUT2D eigenvalue weighted by molar-refractivity contribution is 7.26. The standard InChI is InChI=1S/C48H30N2O.C48H30N2S/c2*1-3-13-33(14-4-1)43-30-44(50-48(49-43)34-15-5-2-6-16-34)40-28-27-37(46-41-21-11-12-22-45(41)51-47(40)46)31-23-25-32(26-24-31)42-29-35-17-7-8-18-36(35)38-19-9-10-20-39(38)42/h2*1-30H. The van der Waals surface area contributed by atoms with Gasteiger partial charge in [0.05, 0.1) is 22.8 Å². The molecule has 0 bridgehead atoms. The number of aromatic nitrogens is 4. The van der Waals surface area contributed by atoms with Crippen molar-refractivity contribution >= 4 is 96.5 Å². The van der Waals surface area contributed by atoms with Crippen molar-refractivity contribution in [3.8, 4) is 112 Å². The van der Waals surface area contributed by atoms with Crippen molar-refractivity contribution < 1.29 is 4.42 Å². The summed E-state index contributed by atoms with van der Waals surface area (Å²) in [5.74, 6) is 1.40. The molecule has 16 aromatic carbocycles. The molecule has 5 nitrogen and oxygen atoms in total. The zero-order valence-corrected chi connectivity index (χ0v) is 56.1. The van der Waals surface area contributed by atoms with Crippen LogP contribution in [0.2, 0.25) is 0 Å². The van der Waals surface area contributed by atoms with Crippen LogP contribution in [0.5, 0.6) is 0 Å². The lowest BCUT2D eigenvalue weighted by Gasteiger charge is -2.13. The van der Waals surface area contributed by atoms with E-state index >= 15 is 0 Å². The summed E-state index contributed by atoms with van der Waals surface area (Å²) in [5.41, 5.74) is 20.9. The molecule has 102 heavy (non-hydrogen) atoms. The van der Waals surface area contributed by atoms with Crippen LogP contribution in [0.3, 0.4) is 0 Å². The third-order valence-corrected chi connectivity index (χ3v) is 21.0. The second-order valence-electron chi connectivity index (χ2n) is 25.9. The lowest BCUT2D eigenvalue weighted by Crippen LogP contribution is -1.96. The Kier molecular flexibility index (Phi) is 15.0. The molecule has 0 fully saturated rings. The van der Waals surface area contributed by atoms with E-state index in [4.69, 9.17) is 24.4 Å². The van der Waals surface area contributed by atoms with E-state index in [9.17, 15) is 0 Å². The molecular formula is C96H60N4OS. The summed E-state index contributed by atoms with van der Waals surface area (Å²) in [5, 5.41) is 14.8. The number of thiophene rings is 1. The zero-order valence-electron chi connectivity index (χ0n) is 55.2. The van der Waals surface area contributed by atoms with Gasteiger partial charge in [0.25, 0.3) is 0 Å². The molecular weight excluding hydrogens is 1260 g/mol. The van der Waals surface area contributed by atoms with Crippen LogP contribution >= 0.6 is 11.3 Å². The van der Waals surface area contributed by atoms with Crippen molar-refractivity contribution in [1.82, 2.24) is 19.9 Å². The summed E-state index contributed by atoms with van der Waals surface area (Å²) in [7, 11) is 0. The molecule has 20 rings (SSSR count). The predicted molar refractivity (Wildman–Crippen MR) is 429 cm³/mol. The quantitative estimate of drug-likeness (QED) is 0.128. The van der Waals surface area contributed by atoms with Gasteiger partial charge in [0.15, 0.2) is 11.6 Å². The molecule has 4 heterocycles. The average molecular weight is 1320 g/mol. The van der Waals surface area contributed by atoms with Gasteiger partial charge in [0.1, 0.15) is 11.2 Å². The normalized spacial score (nSPS) is 11.5. The molecule has 0 N–H and O–H groups in total. The molecule has 0 atom stereocenters. The largest absolute Gasteiger partial charge is 0.455 e. The molecule has 0 spiro atoms. The van der Waals surface area contributed by atoms with E-state index in [1.807, 2.05) is 84.1 Å². The van der Waals surface area contributed by atoms with Gasteiger partial charge in [-0.2, -0.15) is 0 Å². The van der Waals surface area contributed by atoms with Gasteiger partial charge in [0, 0.05) is 64.3 Å². The second kappa shape index (κ2) is 25.5. The van der Waals surface area contributed by atoms with Gasteiger partial charge in [-0.3, -0.25) is 0 Å². The smallest absolute Gasteiger partial charge is 0.160 e. The first-order valence-electron chi connectivity index (χ1n) is 34.5. The van der Waals surface area contributed by atoms with E-state index in [1.165, 1.54) is 96.6 Å². The fourth-order valence-corrected chi connectivity index (χ4v) is 16.2. The fourth-order valence-electron chi connectivity index (χ4n) is 14.9. The van der Waals surface area contributed by atoms with Gasteiger partial charge < -0.3 is 4.42 Å². The summed E-state index contributed by atoms with van der Waals surface area (Å²) in [6.07, 6.45) is 0. The lowest BCUT2D eigenvalue weighted by molar-refractivity contribution is 0.670. The van der Waals surface area contributed by atoms with Crippen LogP contribution in [0.25, 0.3) is 198 Å². The topological polar surface area (TPSA) is 64.7 Å². The van der Waals surface area contributed by atoms with Gasteiger partial charge >= 0.3 is 0 Å². The minimum atomic E-state index is 0.678. The number of hydrogen-bond acceptors (Lipinski definition) is 6. The van der Waals surface area contributed by atoms with Crippen molar-refractivity contribution in [3.05, 3.63) is 364 Å². The van der Waals surface area contributed by atoms with Crippen molar-refractivity contribution in [2.75, 3.05) is 0 Å². The Bertz CT molecular complexity index is 6070. The number of rotatable bonds is 10. The zero-order chi connectivity index (χ0) is 67.5. The molecule has 6 heteroatoms. The number of nitrogens with zero attached hydrogens (tertiary/aromatic N) is 4. The first kappa shape index (κ1) is 60.0. The summed E-state index contributed by atoms with van der Waals surface area (Å²) in [6, 6.07) is 129. The molecule has 0 aliphatic heterocycles. The Morgan fingerprint density at radius 2 is 0.569 bits per heavy atom. The van der Waals surface area contributed by atoms with Gasteiger partial charge in [0.2, 0.25) is 0 Å². The molecule has 476 valence electrons. The summed E-state index contributed by atoms with van der Waals surface area (Å²) < 4.78 is 9.21. The first-order chi connectivity index (χ1) is 50.6. The second-order valence-corrected chi connectivity index (χ2v) is 26.9. The Morgan fingerprint density at radius 1 is 0.216 bits per heavy atom. The van der Waals surface area contributed by atoms with E-state index in [-0.39, 0.29) is 0 Å². The van der Waals surface area contributed by atoms with Gasteiger partial charge in [-0.05, 0) is 130 Å². The van der Waals surface area contributed by atoms with Crippen molar-refractivity contribution in [1.29, 1.82) is 0 Å². The molecule has 20 aromatic rings. The van der Waals surface area contributed by atoms with Gasteiger partial charge in [-0.25, -0.2) is 19.9 Å². The van der Waals surface area contributed by atoms with Crippen LogP contribution in [0.15, 0.2) is 368 Å². The third-order valence-electron chi connectivity index (χ3n) is 19.8. The molecule has 0 aliphatic carbocycles. The Labute approximate surface area is 593 Å². The summed E-state index contributed by atoms with van der Waals surface area (Å²) >= 11 is 1.84. The lowest BCUT2D eigenvalue weighted by atomic mass is 9.91. The maximum absolute atomic E-state index is 6.71. The van der Waals surface area contributed by atoms with E-state index in [1.54, 1.807) is 0 Å². The third kappa shape index (κ3) is 10.8. The molecule has 0 saturated carbocycles. The van der Waals surface area contributed by atoms with Crippen LogP contribution in [0.1, 0.15) is 0 Å². The maximum atomic E-state index is 6.71. The maximum Gasteiger partial charge on any atom is 0.160 e. The van der Waals surface area contributed by atoms with Gasteiger partial charge in [-0.1, -0.05) is 322 Å². The number of furan rings is 1. The minimum absolute atomic E-state index is 0.678. The SMILES string of the molecule is c1ccc(-c2cc(-c3ccc(-c4ccc(-c5cc6ccccc6c6ccccc56)cc4)c4c3oc3ccccc34)nc(-c3ccccc3)n2)cc1.c1ccc(-c2cc(-c3ccc(-c4ccc(-c5cc6ccccc6c6ccccc56)cc4)c4c3sc3ccccc34)nc(-c3ccccc3)n2)cc1. The monoisotopic (exact) mass is 1320 g/mol. The van der Waals surface area contributed by atoms with E-state index in [2.05, 4.69) is 291 Å². The van der Waals surface area contributed by atoms with Gasteiger partial charge in [-0.15, -0.1) is 11.3 Å². The number of benzene rings is 16. The van der Waals surface area contributed by atoms with Crippen LogP contribution in [-0.2, 0) is 0 Å². The number of para-hydroxylation sites is 1. The van der Waals surface area contributed by atoms with Crippen molar-refractivity contribution in [2.24, 2.45) is 0 Å². The first-order valence-corrected chi connectivity index (χ1v) is 35.3. The highest BCUT2D eigenvalue weighted by atomic mass is 32.1. The fraction of sp³-hybridized carbons (Fsp3) is 0. The van der Waals surface area contributed by atoms with Crippen LogP contribution in [0, 0.1) is 0 Å². The Hall–Kier alpha value is -13.3. The van der Waals surface area contributed by atoms with E-state index in [0.717, 1.165) is 95.0 Å². The number of fused-ring (bicyclic) bond motifs is 12. The highest BCUT2D eigenvalue weighted by Crippen LogP contribution is 2.48. The molecule has 0 radical (unpaired) electrons. The Morgan fingerprint density at radius 3 is 1.07 bits per heavy atom. The molecule has 0 amide bonds. The average Bonchev–Trinajstić information content (AvgIpc) is 1.42. The summed E-state index contributed by atoms with van der Waals surface area (Å²) in [6.45, 7) is 0. The van der Waals surface area contributed by atoms with Crippen molar-refractivity contribution in [2.45, 2.75) is 0 Å². The summed E-state index contributed by atoms with van der Waals surface area (Å²) in [4.78, 5) is 20.4. The molecule has 4 aromatic heterocycles. The minimum Gasteiger partial charge on any atom is -0.455 e. The molecule has 0 aliphatic rings. The van der Waals surface area contributed by atoms with E-state index in [0.29, 0.717) is 5.82 Å². The van der Waals surface area contributed by atoms with Crippen molar-refractivity contribution in [3.63, 3.8) is 0 Å². The van der Waals surface area contributed by atoms with Crippen LogP contribution in [-0.4, -0.2) is 19.9 Å². The molecule has 0 unspecified atom stereocenters. The van der Waals surface area contributed by atoms with Crippen LogP contribution < -0.4 is 0 Å². The molecule has 0 saturated heterocycles. The van der Waals surface area contributed by atoms with Crippen LogP contribution in [0.4, 0.5) is 0 Å². The highest BCUT2D eigenvalue weighted by Gasteiger charge is 2.23. The van der Waals surface area contributed by atoms with E-state index < -0.39 is 0 Å². The predicted octanol–water partition coefficient (Wildman–Crippen LogP) is 26.5. The number of hydrogen-bond donors (Lipinski definition) is 0. The Balaban J connectivity index is 0.000000141.